The van der Waals surface area contributed by atoms with Crippen LogP contribution in [0.25, 0.3) is 0 Å². The van der Waals surface area contributed by atoms with E-state index in [-0.39, 0.29) is 17.3 Å². The standard InChI is InChI=1S/C13H24O2/c1-9(2)12(14)11-7-6-10(15-5)8-13(11,3)4/h9-11H,6-8H2,1-5H3. The van der Waals surface area contributed by atoms with Crippen molar-refractivity contribution in [2.45, 2.75) is 53.1 Å². The van der Waals surface area contributed by atoms with Gasteiger partial charge in [0.05, 0.1) is 6.10 Å². The highest BCUT2D eigenvalue weighted by Gasteiger charge is 2.41. The molecule has 0 amide bonds. The highest BCUT2D eigenvalue weighted by atomic mass is 16.5. The first-order chi connectivity index (χ1) is 6.88. The number of Topliss-reactive ketones (excluding diaryl/α,β-unsaturated/α-hetero) is 1. The molecular weight excluding hydrogens is 188 g/mol. The number of carbonyl (C=O) groups excluding carboxylic acids is 1. The van der Waals surface area contributed by atoms with Crippen molar-refractivity contribution < 1.29 is 9.53 Å². The number of methoxy groups -OCH3 is 1. The van der Waals surface area contributed by atoms with E-state index < -0.39 is 0 Å². The fourth-order valence-corrected chi connectivity index (χ4v) is 2.71. The molecule has 0 aromatic heterocycles. The maximum absolute atomic E-state index is 12.1. The topological polar surface area (TPSA) is 26.3 Å². The van der Waals surface area contributed by atoms with Crippen LogP contribution in [0.5, 0.6) is 0 Å². The molecule has 0 bridgehead atoms. The summed E-state index contributed by atoms with van der Waals surface area (Å²) in [5.74, 6) is 0.812. The van der Waals surface area contributed by atoms with Gasteiger partial charge in [0.1, 0.15) is 5.78 Å². The van der Waals surface area contributed by atoms with Crippen LogP contribution in [0.1, 0.15) is 47.0 Å². The van der Waals surface area contributed by atoms with E-state index in [9.17, 15) is 4.79 Å². The Balaban J connectivity index is 2.72. The van der Waals surface area contributed by atoms with Gasteiger partial charge in [-0.15, -0.1) is 0 Å². The summed E-state index contributed by atoms with van der Waals surface area (Å²) in [6.07, 6.45) is 3.37. The Morgan fingerprint density at radius 1 is 1.33 bits per heavy atom. The summed E-state index contributed by atoms with van der Waals surface area (Å²) in [5.41, 5.74) is 0.0975. The lowest BCUT2D eigenvalue weighted by Gasteiger charge is -2.41. The summed E-state index contributed by atoms with van der Waals surface area (Å²) < 4.78 is 5.40. The number of ketones is 1. The number of hydrogen-bond acceptors (Lipinski definition) is 2. The lowest BCUT2D eigenvalue weighted by atomic mass is 9.65. The smallest absolute Gasteiger partial charge is 0.139 e. The van der Waals surface area contributed by atoms with Crippen molar-refractivity contribution in [2.75, 3.05) is 7.11 Å². The molecule has 1 saturated carbocycles. The third-order valence-electron chi connectivity index (χ3n) is 3.72. The van der Waals surface area contributed by atoms with Gasteiger partial charge in [0.25, 0.3) is 0 Å². The van der Waals surface area contributed by atoms with E-state index in [0.717, 1.165) is 19.3 Å². The van der Waals surface area contributed by atoms with Crippen molar-refractivity contribution in [3.8, 4) is 0 Å². The van der Waals surface area contributed by atoms with Gasteiger partial charge in [0.15, 0.2) is 0 Å². The predicted molar refractivity (Wildman–Crippen MR) is 61.8 cm³/mol. The first kappa shape index (κ1) is 12.7. The molecule has 0 aliphatic heterocycles. The second kappa shape index (κ2) is 4.65. The van der Waals surface area contributed by atoms with E-state index in [1.54, 1.807) is 7.11 Å². The van der Waals surface area contributed by atoms with Gasteiger partial charge in [0.2, 0.25) is 0 Å². The second-order valence-corrected chi connectivity index (χ2v) is 5.74. The van der Waals surface area contributed by atoms with Gasteiger partial charge in [-0.05, 0) is 24.7 Å². The van der Waals surface area contributed by atoms with Crippen LogP contribution >= 0.6 is 0 Å². The second-order valence-electron chi connectivity index (χ2n) is 5.74. The molecule has 1 aliphatic rings. The molecule has 88 valence electrons. The average molecular weight is 212 g/mol. The minimum Gasteiger partial charge on any atom is -0.381 e. The summed E-state index contributed by atoms with van der Waals surface area (Å²) in [7, 11) is 1.77. The number of carbonyl (C=O) groups is 1. The van der Waals surface area contributed by atoms with Gasteiger partial charge >= 0.3 is 0 Å². The van der Waals surface area contributed by atoms with Crippen molar-refractivity contribution >= 4 is 5.78 Å². The molecule has 2 atom stereocenters. The molecule has 0 aromatic rings. The first-order valence-electron chi connectivity index (χ1n) is 5.95. The Morgan fingerprint density at radius 3 is 2.33 bits per heavy atom. The van der Waals surface area contributed by atoms with Crippen LogP contribution in [0.3, 0.4) is 0 Å². The van der Waals surface area contributed by atoms with E-state index in [1.165, 1.54) is 0 Å². The fraction of sp³-hybridized carbons (Fsp3) is 0.923. The molecule has 0 radical (unpaired) electrons. The number of rotatable bonds is 3. The van der Waals surface area contributed by atoms with E-state index in [1.807, 2.05) is 13.8 Å². The van der Waals surface area contributed by atoms with Crippen LogP contribution in [0, 0.1) is 17.3 Å². The van der Waals surface area contributed by atoms with Crippen molar-refractivity contribution in [1.82, 2.24) is 0 Å². The maximum Gasteiger partial charge on any atom is 0.139 e. The summed E-state index contributed by atoms with van der Waals surface area (Å²) in [6, 6.07) is 0. The summed E-state index contributed by atoms with van der Waals surface area (Å²) >= 11 is 0. The number of ether oxygens (including phenoxy) is 1. The van der Waals surface area contributed by atoms with E-state index >= 15 is 0 Å². The Hall–Kier alpha value is -0.370. The molecule has 1 rings (SSSR count). The molecule has 2 heteroatoms. The molecule has 1 fully saturated rings. The predicted octanol–water partition coefficient (Wildman–Crippen LogP) is 3.05. The summed E-state index contributed by atoms with van der Waals surface area (Å²) in [5, 5.41) is 0. The van der Waals surface area contributed by atoms with Crippen LogP contribution < -0.4 is 0 Å². The van der Waals surface area contributed by atoms with Crippen LogP contribution in [0.4, 0.5) is 0 Å². The Kier molecular flexibility index (Phi) is 3.93. The Morgan fingerprint density at radius 2 is 1.93 bits per heavy atom. The zero-order valence-corrected chi connectivity index (χ0v) is 10.7. The van der Waals surface area contributed by atoms with Crippen molar-refractivity contribution in [3.05, 3.63) is 0 Å². The molecule has 15 heavy (non-hydrogen) atoms. The van der Waals surface area contributed by atoms with Gasteiger partial charge in [-0.25, -0.2) is 0 Å². The minimum absolute atomic E-state index is 0.0975. The fourth-order valence-electron chi connectivity index (χ4n) is 2.71. The highest BCUT2D eigenvalue weighted by Crippen LogP contribution is 2.42. The van der Waals surface area contributed by atoms with Gasteiger partial charge in [-0.2, -0.15) is 0 Å². The monoisotopic (exact) mass is 212 g/mol. The summed E-state index contributed by atoms with van der Waals surface area (Å²) in [4.78, 5) is 12.1. The third kappa shape index (κ3) is 2.81. The molecule has 0 spiro atoms. The van der Waals surface area contributed by atoms with Crippen LogP contribution in [0.2, 0.25) is 0 Å². The SMILES string of the molecule is COC1CCC(C(=O)C(C)C)C(C)(C)C1. The van der Waals surface area contributed by atoms with E-state index in [4.69, 9.17) is 4.74 Å². The lowest BCUT2D eigenvalue weighted by molar-refractivity contribution is -0.133. The Bertz CT molecular complexity index is 231. The van der Waals surface area contributed by atoms with E-state index in [0.29, 0.717) is 11.9 Å². The summed E-state index contributed by atoms with van der Waals surface area (Å²) in [6.45, 7) is 8.40. The third-order valence-corrected chi connectivity index (χ3v) is 3.72. The van der Waals surface area contributed by atoms with Crippen LogP contribution in [-0.2, 0) is 9.53 Å². The zero-order chi connectivity index (χ0) is 11.6. The molecular formula is C13H24O2. The Labute approximate surface area is 93.4 Å². The van der Waals surface area contributed by atoms with Crippen molar-refractivity contribution in [1.29, 1.82) is 0 Å². The van der Waals surface area contributed by atoms with Gasteiger partial charge in [-0.1, -0.05) is 27.7 Å². The van der Waals surface area contributed by atoms with Crippen LogP contribution in [-0.4, -0.2) is 19.0 Å². The molecule has 0 aromatic carbocycles. The van der Waals surface area contributed by atoms with Gasteiger partial charge in [-0.3, -0.25) is 4.79 Å². The molecule has 0 heterocycles. The van der Waals surface area contributed by atoms with Gasteiger partial charge < -0.3 is 4.74 Å². The van der Waals surface area contributed by atoms with Crippen LogP contribution in [0.15, 0.2) is 0 Å². The highest BCUT2D eigenvalue weighted by molar-refractivity contribution is 5.83. The number of hydrogen-bond donors (Lipinski definition) is 0. The molecule has 2 nitrogen and oxygen atoms in total. The van der Waals surface area contributed by atoms with Gasteiger partial charge in [0, 0.05) is 18.9 Å². The largest absolute Gasteiger partial charge is 0.381 e. The molecule has 2 unspecified atom stereocenters. The quantitative estimate of drug-likeness (QED) is 0.718. The maximum atomic E-state index is 12.1. The normalized spacial score (nSPS) is 30.5. The zero-order valence-electron chi connectivity index (χ0n) is 10.7. The van der Waals surface area contributed by atoms with Crippen molar-refractivity contribution in [2.24, 2.45) is 17.3 Å². The van der Waals surface area contributed by atoms with E-state index in [2.05, 4.69) is 13.8 Å². The van der Waals surface area contributed by atoms with Crippen molar-refractivity contribution in [3.63, 3.8) is 0 Å². The molecule has 0 saturated heterocycles. The minimum atomic E-state index is 0.0975. The molecule has 0 N–H and O–H groups in total. The average Bonchev–Trinajstić information content (AvgIpc) is 2.15. The first-order valence-corrected chi connectivity index (χ1v) is 5.95. The lowest BCUT2D eigenvalue weighted by Crippen LogP contribution is -2.41. The molecule has 1 aliphatic carbocycles.